The molecule has 0 radical (unpaired) electrons. The van der Waals surface area contributed by atoms with Gasteiger partial charge in [0.1, 0.15) is 17.2 Å². The third-order valence-electron chi connectivity index (χ3n) is 5.56. The highest BCUT2D eigenvalue weighted by molar-refractivity contribution is 6.11. The minimum Gasteiger partial charge on any atom is -0.497 e. The van der Waals surface area contributed by atoms with Crippen molar-refractivity contribution in [1.82, 2.24) is 15.2 Å². The third kappa shape index (κ3) is 3.28. The maximum Gasteiger partial charge on any atom is 0.277 e. The number of carbonyl (C=O) groups excluding carboxylic acids is 1. The smallest absolute Gasteiger partial charge is 0.277 e. The molecule has 7 nitrogen and oxygen atoms in total. The second kappa shape index (κ2) is 8.19. The zero-order valence-electron chi connectivity index (χ0n) is 17.8. The average molecular weight is 426 g/mol. The van der Waals surface area contributed by atoms with Crippen LogP contribution in [0.1, 0.15) is 34.6 Å². The van der Waals surface area contributed by atoms with Crippen LogP contribution in [0.3, 0.4) is 0 Å². The highest BCUT2D eigenvalue weighted by atomic mass is 16.5. The number of pyridine rings is 1. The Morgan fingerprint density at radius 3 is 2.44 bits per heavy atom. The quantitative estimate of drug-likeness (QED) is 0.486. The lowest BCUT2D eigenvalue weighted by atomic mass is 9.97. The Labute approximate surface area is 185 Å². The van der Waals surface area contributed by atoms with Gasteiger partial charge in [0.25, 0.3) is 5.91 Å². The number of ether oxygens (including phenoxy) is 2. The van der Waals surface area contributed by atoms with Crippen LogP contribution in [0.15, 0.2) is 73.1 Å². The van der Waals surface area contributed by atoms with E-state index in [0.29, 0.717) is 12.3 Å². The summed E-state index contributed by atoms with van der Waals surface area (Å²) in [4.78, 5) is 19.6. The van der Waals surface area contributed by atoms with Crippen LogP contribution in [0.5, 0.6) is 11.5 Å². The summed E-state index contributed by atoms with van der Waals surface area (Å²) in [6.45, 7) is 2.53. The molecular weight excluding hydrogens is 404 g/mol. The standard InChI is InChI=1S/C25H22N4O3/c1-3-32-20-12-8-18(9-13-20)29-24(17-5-4-14-26-15-17)21-22(27-28-23(21)25(29)30)16-6-10-19(31-2)11-7-16/h4-15,24H,3H2,1-2H3,(H,27,28). The van der Waals surface area contributed by atoms with Crippen molar-refractivity contribution < 1.29 is 14.3 Å². The summed E-state index contributed by atoms with van der Waals surface area (Å²) in [6, 6.07) is 18.7. The van der Waals surface area contributed by atoms with E-state index >= 15 is 0 Å². The van der Waals surface area contributed by atoms with Crippen LogP contribution in [0.4, 0.5) is 5.69 Å². The molecule has 3 heterocycles. The molecule has 2 aromatic carbocycles. The van der Waals surface area contributed by atoms with Crippen LogP contribution >= 0.6 is 0 Å². The van der Waals surface area contributed by atoms with Crippen LogP contribution in [0, 0.1) is 0 Å². The molecule has 1 unspecified atom stereocenters. The van der Waals surface area contributed by atoms with Crippen molar-refractivity contribution in [1.29, 1.82) is 0 Å². The maximum absolute atomic E-state index is 13.5. The normalized spacial score (nSPS) is 15.0. The van der Waals surface area contributed by atoms with Gasteiger partial charge in [-0.15, -0.1) is 0 Å². The van der Waals surface area contributed by atoms with E-state index in [-0.39, 0.29) is 11.9 Å². The number of carbonyl (C=O) groups is 1. The fraction of sp³-hybridized carbons (Fsp3) is 0.160. The molecule has 0 aliphatic carbocycles. The number of fused-ring (bicyclic) bond motifs is 1. The monoisotopic (exact) mass is 426 g/mol. The molecule has 0 spiro atoms. The molecule has 4 aromatic rings. The predicted molar refractivity (Wildman–Crippen MR) is 121 cm³/mol. The van der Waals surface area contributed by atoms with Gasteiger partial charge in [-0.05, 0) is 67.1 Å². The van der Waals surface area contributed by atoms with E-state index in [1.165, 1.54) is 0 Å². The van der Waals surface area contributed by atoms with E-state index in [1.54, 1.807) is 24.4 Å². The van der Waals surface area contributed by atoms with Crippen LogP contribution in [0.25, 0.3) is 11.3 Å². The largest absolute Gasteiger partial charge is 0.497 e. The van der Waals surface area contributed by atoms with E-state index in [9.17, 15) is 4.79 Å². The molecule has 0 saturated carbocycles. The number of aromatic nitrogens is 3. The van der Waals surface area contributed by atoms with Crippen LogP contribution in [-0.2, 0) is 0 Å². The van der Waals surface area contributed by atoms with Crippen LogP contribution < -0.4 is 14.4 Å². The first-order valence-electron chi connectivity index (χ1n) is 10.4. The number of aromatic amines is 1. The van der Waals surface area contributed by atoms with Crippen molar-refractivity contribution in [3.63, 3.8) is 0 Å². The summed E-state index contributed by atoms with van der Waals surface area (Å²) in [5.74, 6) is 1.39. The summed E-state index contributed by atoms with van der Waals surface area (Å²) >= 11 is 0. The van der Waals surface area contributed by atoms with Crippen molar-refractivity contribution >= 4 is 11.6 Å². The molecule has 160 valence electrons. The lowest BCUT2D eigenvalue weighted by Crippen LogP contribution is -2.29. The Morgan fingerprint density at radius 1 is 1.03 bits per heavy atom. The van der Waals surface area contributed by atoms with Crippen molar-refractivity contribution in [2.24, 2.45) is 0 Å². The minimum absolute atomic E-state index is 0.134. The number of rotatable bonds is 6. The van der Waals surface area contributed by atoms with Gasteiger partial charge in [0, 0.05) is 29.2 Å². The number of nitrogens with one attached hydrogen (secondary N) is 1. The van der Waals surface area contributed by atoms with E-state index in [0.717, 1.165) is 39.6 Å². The molecule has 1 aliphatic rings. The number of H-pyrrole nitrogens is 1. The maximum atomic E-state index is 13.5. The predicted octanol–water partition coefficient (Wildman–Crippen LogP) is 4.63. The Balaban J connectivity index is 1.63. The Morgan fingerprint density at radius 2 is 1.78 bits per heavy atom. The first-order chi connectivity index (χ1) is 15.7. The molecule has 0 fully saturated rings. The molecule has 0 bridgehead atoms. The first kappa shape index (κ1) is 19.8. The zero-order chi connectivity index (χ0) is 22.1. The molecule has 32 heavy (non-hydrogen) atoms. The minimum atomic E-state index is -0.361. The SMILES string of the molecule is CCOc1ccc(N2C(=O)c3[nH]nc(-c4ccc(OC)cc4)c3C2c2cccnc2)cc1. The van der Waals surface area contributed by atoms with E-state index in [4.69, 9.17) is 9.47 Å². The molecule has 1 amide bonds. The summed E-state index contributed by atoms with van der Waals surface area (Å²) in [6.07, 6.45) is 3.52. The molecule has 7 heteroatoms. The van der Waals surface area contributed by atoms with Crippen molar-refractivity contribution in [3.8, 4) is 22.8 Å². The molecule has 0 saturated heterocycles. The van der Waals surface area contributed by atoms with Crippen molar-refractivity contribution in [2.75, 3.05) is 18.6 Å². The van der Waals surface area contributed by atoms with E-state index < -0.39 is 0 Å². The summed E-state index contributed by atoms with van der Waals surface area (Å²) in [5, 5.41) is 7.48. The van der Waals surface area contributed by atoms with E-state index in [1.807, 2.05) is 67.6 Å². The van der Waals surface area contributed by atoms with Gasteiger partial charge in [-0.3, -0.25) is 19.8 Å². The number of nitrogens with zero attached hydrogens (tertiary/aromatic N) is 3. The molecule has 1 atom stereocenters. The number of benzene rings is 2. The Bertz CT molecular complexity index is 1230. The zero-order valence-corrected chi connectivity index (χ0v) is 17.8. The van der Waals surface area contributed by atoms with Gasteiger partial charge in [0.15, 0.2) is 0 Å². The number of anilines is 1. The average Bonchev–Trinajstić information content (AvgIpc) is 3.39. The fourth-order valence-electron chi connectivity index (χ4n) is 4.11. The topological polar surface area (TPSA) is 80.3 Å². The third-order valence-corrected chi connectivity index (χ3v) is 5.56. The van der Waals surface area contributed by atoms with Crippen molar-refractivity contribution in [3.05, 3.63) is 89.9 Å². The van der Waals surface area contributed by atoms with Gasteiger partial charge in [0.05, 0.1) is 25.5 Å². The van der Waals surface area contributed by atoms with E-state index in [2.05, 4.69) is 15.2 Å². The molecule has 5 rings (SSSR count). The van der Waals surface area contributed by atoms with Crippen LogP contribution in [0.2, 0.25) is 0 Å². The number of hydrogen-bond acceptors (Lipinski definition) is 5. The highest BCUT2D eigenvalue weighted by Gasteiger charge is 2.43. The van der Waals surface area contributed by atoms with Gasteiger partial charge in [0.2, 0.25) is 0 Å². The van der Waals surface area contributed by atoms with Gasteiger partial charge < -0.3 is 9.47 Å². The fourth-order valence-corrected chi connectivity index (χ4v) is 4.11. The van der Waals surface area contributed by atoms with Gasteiger partial charge >= 0.3 is 0 Å². The number of methoxy groups -OCH3 is 1. The molecule has 1 N–H and O–H groups in total. The van der Waals surface area contributed by atoms with Crippen LogP contribution in [-0.4, -0.2) is 34.8 Å². The second-order valence-corrected chi connectivity index (χ2v) is 7.38. The van der Waals surface area contributed by atoms with Gasteiger partial charge in [-0.2, -0.15) is 5.10 Å². The lowest BCUT2D eigenvalue weighted by Gasteiger charge is -2.26. The summed E-state index contributed by atoms with van der Waals surface area (Å²) in [7, 11) is 1.63. The number of hydrogen-bond donors (Lipinski definition) is 1. The molecule has 2 aromatic heterocycles. The Hall–Kier alpha value is -4.13. The first-order valence-corrected chi connectivity index (χ1v) is 10.4. The molecule has 1 aliphatic heterocycles. The van der Waals surface area contributed by atoms with Gasteiger partial charge in [-0.25, -0.2) is 0 Å². The van der Waals surface area contributed by atoms with Crippen molar-refractivity contribution in [2.45, 2.75) is 13.0 Å². The molecular formula is C25H22N4O3. The summed E-state index contributed by atoms with van der Waals surface area (Å²) in [5.41, 5.74) is 4.64. The second-order valence-electron chi connectivity index (χ2n) is 7.38. The Kier molecular flexibility index (Phi) is 5.07. The summed E-state index contributed by atoms with van der Waals surface area (Å²) < 4.78 is 10.8. The number of amides is 1. The highest BCUT2D eigenvalue weighted by Crippen LogP contribution is 2.45. The lowest BCUT2D eigenvalue weighted by molar-refractivity contribution is 0.0988. The van der Waals surface area contributed by atoms with Gasteiger partial charge in [-0.1, -0.05) is 6.07 Å².